The second kappa shape index (κ2) is 12.8. The van der Waals surface area contributed by atoms with Gasteiger partial charge in [-0.15, -0.1) is 11.8 Å². The van der Waals surface area contributed by atoms with Gasteiger partial charge in [-0.1, -0.05) is 25.1 Å². The lowest BCUT2D eigenvalue weighted by atomic mass is 9.95. The molecule has 3 aromatic rings. The fourth-order valence-corrected chi connectivity index (χ4v) is 8.01. The molecule has 1 amide bonds. The molecule has 3 aliphatic rings. The van der Waals surface area contributed by atoms with Crippen LogP contribution >= 0.6 is 23.4 Å². The molecule has 246 valence electrons. The van der Waals surface area contributed by atoms with Crippen molar-refractivity contribution in [3.05, 3.63) is 63.6 Å². The highest BCUT2D eigenvalue weighted by Gasteiger charge is 2.40. The van der Waals surface area contributed by atoms with Gasteiger partial charge in [-0.25, -0.2) is 13.6 Å². The standard InChI is InChI=1S/C31H32ClF5N6O2S/c1-3-25(44)41-9-11-42(12-10-41)29-20-13-21(31(35,36)37)26(19-14-22(32)24(34)15-23(19)33)28-27(20)43(30(45)38-29)18(17-46-28)16-40-7-5-39(4-2)6-8-40/h3,13-15,18H,1,4-12,16-17H2,2H3/t18-/m0/s1. The number of hydrogen-bond donors (Lipinski definition) is 0. The van der Waals surface area contributed by atoms with Crippen molar-refractivity contribution in [1.82, 2.24) is 24.3 Å². The molecule has 46 heavy (non-hydrogen) atoms. The van der Waals surface area contributed by atoms with E-state index in [1.165, 1.54) is 10.6 Å². The van der Waals surface area contributed by atoms with Gasteiger partial charge in [0.2, 0.25) is 5.91 Å². The Labute approximate surface area is 271 Å². The van der Waals surface area contributed by atoms with Crippen LogP contribution in [0.25, 0.3) is 22.0 Å². The summed E-state index contributed by atoms with van der Waals surface area (Å²) in [6, 6.07) is 1.82. The van der Waals surface area contributed by atoms with E-state index in [1.54, 1.807) is 9.80 Å². The molecule has 0 bridgehead atoms. The summed E-state index contributed by atoms with van der Waals surface area (Å²) < 4.78 is 75.6. The van der Waals surface area contributed by atoms with E-state index in [1.807, 2.05) is 0 Å². The number of alkyl halides is 3. The SMILES string of the molecule is C=CC(=O)N1CCN(c2nc(=O)n3c4c(c(-c5cc(Cl)c(F)cc5F)c(C(F)(F)F)cc24)SC[C@@H]3CN2CCN(CC)CC2)CC1. The lowest BCUT2D eigenvalue weighted by Crippen LogP contribution is -2.50. The number of hydrogen-bond acceptors (Lipinski definition) is 7. The Bertz CT molecular complexity index is 1750. The summed E-state index contributed by atoms with van der Waals surface area (Å²) in [4.78, 5) is 38.3. The highest BCUT2D eigenvalue weighted by Crippen LogP contribution is 2.50. The Balaban J connectivity index is 1.56. The van der Waals surface area contributed by atoms with Gasteiger partial charge in [0.05, 0.1) is 22.1 Å². The Morgan fingerprint density at radius 3 is 2.35 bits per heavy atom. The number of amides is 1. The molecule has 0 aliphatic carbocycles. The van der Waals surface area contributed by atoms with Crippen LogP contribution in [-0.4, -0.2) is 101 Å². The molecule has 1 atom stereocenters. The van der Waals surface area contributed by atoms with E-state index >= 15 is 4.39 Å². The molecule has 3 aliphatic heterocycles. The average molecular weight is 683 g/mol. The minimum atomic E-state index is -4.95. The maximum atomic E-state index is 15.3. The van der Waals surface area contributed by atoms with E-state index < -0.39 is 51.3 Å². The molecule has 2 fully saturated rings. The third kappa shape index (κ3) is 6.00. The molecule has 1 aromatic heterocycles. The van der Waals surface area contributed by atoms with Gasteiger partial charge in [0.1, 0.15) is 17.5 Å². The summed E-state index contributed by atoms with van der Waals surface area (Å²) in [6.07, 6.45) is -3.75. The predicted octanol–water partition coefficient (Wildman–Crippen LogP) is 5.13. The monoisotopic (exact) mass is 682 g/mol. The third-order valence-electron chi connectivity index (χ3n) is 8.96. The summed E-state index contributed by atoms with van der Waals surface area (Å²) in [5.41, 5.74) is -2.56. The van der Waals surface area contributed by atoms with Gasteiger partial charge in [0, 0.05) is 92.1 Å². The van der Waals surface area contributed by atoms with Crippen LogP contribution < -0.4 is 10.6 Å². The number of thioether (sulfide) groups is 1. The molecule has 8 nitrogen and oxygen atoms in total. The van der Waals surface area contributed by atoms with Crippen LogP contribution in [0.1, 0.15) is 18.5 Å². The van der Waals surface area contributed by atoms with E-state index in [2.05, 4.69) is 28.3 Å². The highest BCUT2D eigenvalue weighted by atomic mass is 35.5. The number of halogens is 6. The van der Waals surface area contributed by atoms with Crippen LogP contribution in [0.5, 0.6) is 0 Å². The number of likely N-dealkylation sites (N-methyl/N-ethyl adjacent to an activating group) is 1. The number of rotatable bonds is 6. The Morgan fingerprint density at radius 2 is 1.72 bits per heavy atom. The van der Waals surface area contributed by atoms with Crippen LogP contribution in [0, 0.1) is 11.6 Å². The van der Waals surface area contributed by atoms with Gasteiger partial charge < -0.3 is 14.7 Å². The predicted molar refractivity (Wildman–Crippen MR) is 169 cm³/mol. The van der Waals surface area contributed by atoms with E-state index in [0.29, 0.717) is 12.6 Å². The topological polar surface area (TPSA) is 64.9 Å². The van der Waals surface area contributed by atoms with E-state index in [9.17, 15) is 27.2 Å². The van der Waals surface area contributed by atoms with Gasteiger partial charge in [0.25, 0.3) is 0 Å². The van der Waals surface area contributed by atoms with Crippen molar-refractivity contribution in [2.75, 3.05) is 76.1 Å². The first-order chi connectivity index (χ1) is 21.9. The maximum Gasteiger partial charge on any atom is 0.417 e. The lowest BCUT2D eigenvalue weighted by Gasteiger charge is -2.39. The molecular weight excluding hydrogens is 651 g/mol. The largest absolute Gasteiger partial charge is 0.417 e. The van der Waals surface area contributed by atoms with Crippen molar-refractivity contribution in [3.63, 3.8) is 0 Å². The second-order valence-corrected chi connectivity index (χ2v) is 13.0. The third-order valence-corrected chi connectivity index (χ3v) is 10.5. The Hall–Kier alpha value is -3.20. The summed E-state index contributed by atoms with van der Waals surface area (Å²) in [7, 11) is 0. The summed E-state index contributed by atoms with van der Waals surface area (Å²) in [6.45, 7) is 11.2. The van der Waals surface area contributed by atoms with Gasteiger partial charge >= 0.3 is 11.9 Å². The first kappa shape index (κ1) is 32.7. The number of anilines is 1. The van der Waals surface area contributed by atoms with Crippen LogP contribution in [0.4, 0.5) is 27.8 Å². The van der Waals surface area contributed by atoms with Crippen molar-refractivity contribution in [3.8, 4) is 11.1 Å². The summed E-state index contributed by atoms with van der Waals surface area (Å²) >= 11 is 7.08. The Morgan fingerprint density at radius 1 is 1.04 bits per heavy atom. The fraction of sp³-hybridized carbons (Fsp3) is 0.452. The van der Waals surface area contributed by atoms with E-state index in [-0.39, 0.29) is 59.5 Å². The number of carbonyl (C=O) groups is 1. The maximum absolute atomic E-state index is 15.3. The molecule has 0 unspecified atom stereocenters. The van der Waals surface area contributed by atoms with Crippen LogP contribution in [0.15, 0.2) is 40.5 Å². The normalized spacial score (nSPS) is 19.6. The summed E-state index contributed by atoms with van der Waals surface area (Å²) in [5, 5.41) is -0.433. The van der Waals surface area contributed by atoms with Crippen LogP contribution in [-0.2, 0) is 11.0 Å². The minimum Gasteiger partial charge on any atom is -0.352 e. The minimum absolute atomic E-state index is 0.0553. The van der Waals surface area contributed by atoms with Gasteiger partial charge in [-0.2, -0.15) is 18.2 Å². The molecule has 15 heteroatoms. The highest BCUT2D eigenvalue weighted by molar-refractivity contribution is 7.99. The van der Waals surface area contributed by atoms with Crippen molar-refractivity contribution >= 4 is 46.0 Å². The van der Waals surface area contributed by atoms with Crippen molar-refractivity contribution in [2.24, 2.45) is 0 Å². The van der Waals surface area contributed by atoms with E-state index in [4.69, 9.17) is 11.6 Å². The molecule has 2 aromatic carbocycles. The van der Waals surface area contributed by atoms with Crippen molar-refractivity contribution < 1.29 is 26.7 Å². The quantitative estimate of drug-likeness (QED) is 0.203. The van der Waals surface area contributed by atoms with Crippen molar-refractivity contribution in [2.45, 2.75) is 24.0 Å². The van der Waals surface area contributed by atoms with Gasteiger partial charge in [-0.05, 0) is 24.8 Å². The zero-order valence-corrected chi connectivity index (χ0v) is 26.6. The first-order valence-corrected chi connectivity index (χ1v) is 16.4. The van der Waals surface area contributed by atoms with Gasteiger partial charge in [0.15, 0.2) is 0 Å². The van der Waals surface area contributed by atoms with Crippen molar-refractivity contribution in [1.29, 1.82) is 0 Å². The molecule has 4 heterocycles. The lowest BCUT2D eigenvalue weighted by molar-refractivity contribution is -0.137. The number of aromatic nitrogens is 2. The zero-order valence-electron chi connectivity index (χ0n) is 25.0. The fourth-order valence-electron chi connectivity index (χ4n) is 6.53. The number of nitrogens with zero attached hydrogens (tertiary/aromatic N) is 6. The number of carbonyl (C=O) groups excluding carboxylic acids is 1. The average Bonchev–Trinajstić information content (AvgIpc) is 3.04. The molecule has 0 radical (unpaired) electrons. The van der Waals surface area contributed by atoms with Gasteiger partial charge in [-0.3, -0.25) is 14.3 Å². The number of benzene rings is 2. The molecular formula is C31H32ClF5N6O2S. The number of piperazine rings is 2. The molecule has 0 saturated carbocycles. The van der Waals surface area contributed by atoms with E-state index in [0.717, 1.165) is 56.6 Å². The van der Waals surface area contributed by atoms with Crippen LogP contribution in [0.3, 0.4) is 0 Å². The first-order valence-electron chi connectivity index (χ1n) is 15.0. The summed E-state index contributed by atoms with van der Waals surface area (Å²) in [5.74, 6) is -2.27. The second-order valence-electron chi connectivity index (χ2n) is 11.6. The smallest absolute Gasteiger partial charge is 0.352 e. The Kier molecular flexibility index (Phi) is 9.09. The molecule has 2 saturated heterocycles. The van der Waals surface area contributed by atoms with Crippen LogP contribution in [0.2, 0.25) is 5.02 Å². The molecule has 0 spiro atoms. The molecule has 6 rings (SSSR count). The molecule has 0 N–H and O–H groups in total. The zero-order chi connectivity index (χ0) is 32.9.